The van der Waals surface area contributed by atoms with Gasteiger partial charge in [0.1, 0.15) is 10.7 Å². The van der Waals surface area contributed by atoms with Crippen LogP contribution in [0.3, 0.4) is 0 Å². The minimum absolute atomic E-state index is 0.425. The first-order chi connectivity index (χ1) is 9.16. The zero-order valence-corrected chi connectivity index (χ0v) is 12.3. The van der Waals surface area contributed by atoms with Crippen LogP contribution in [0.4, 0.5) is 0 Å². The first-order valence-electron chi connectivity index (χ1n) is 6.90. The van der Waals surface area contributed by atoms with Crippen molar-refractivity contribution in [1.29, 1.82) is 0 Å². The van der Waals surface area contributed by atoms with Gasteiger partial charge in [-0.1, -0.05) is 18.6 Å². The maximum absolute atomic E-state index is 5.71. The number of hydrogen-bond donors (Lipinski definition) is 1. The Morgan fingerprint density at radius 1 is 1.37 bits per heavy atom. The lowest BCUT2D eigenvalue weighted by atomic mass is 9.92. The fraction of sp³-hybridized carbons (Fsp3) is 0.533. The van der Waals surface area contributed by atoms with Gasteiger partial charge in [0.15, 0.2) is 0 Å². The zero-order chi connectivity index (χ0) is 13.7. The Morgan fingerprint density at radius 3 is 2.58 bits per heavy atom. The SMILES string of the molecule is CN(CCCOc1ccc(C(N)=S)cc1)C1CCC1. The Hall–Kier alpha value is -1.13. The number of nitrogens with two attached hydrogens (primary N) is 1. The third-order valence-electron chi connectivity index (χ3n) is 3.76. The first kappa shape index (κ1) is 14.3. The average molecular weight is 278 g/mol. The summed E-state index contributed by atoms with van der Waals surface area (Å²) < 4.78 is 5.71. The van der Waals surface area contributed by atoms with E-state index >= 15 is 0 Å². The molecule has 1 aliphatic rings. The Labute approximate surface area is 120 Å². The van der Waals surface area contributed by atoms with Crippen molar-refractivity contribution in [1.82, 2.24) is 4.90 Å². The van der Waals surface area contributed by atoms with Gasteiger partial charge in [-0.2, -0.15) is 0 Å². The summed E-state index contributed by atoms with van der Waals surface area (Å²) in [4.78, 5) is 2.87. The van der Waals surface area contributed by atoms with Crippen LogP contribution in [0.1, 0.15) is 31.2 Å². The summed E-state index contributed by atoms with van der Waals surface area (Å²) in [6.45, 7) is 1.86. The number of nitrogens with zero attached hydrogens (tertiary/aromatic N) is 1. The molecule has 0 saturated heterocycles. The summed E-state index contributed by atoms with van der Waals surface area (Å²) in [6, 6.07) is 8.45. The van der Waals surface area contributed by atoms with E-state index in [1.807, 2.05) is 24.3 Å². The van der Waals surface area contributed by atoms with Crippen molar-refractivity contribution in [3.63, 3.8) is 0 Å². The van der Waals surface area contributed by atoms with Crippen molar-refractivity contribution >= 4 is 17.2 Å². The summed E-state index contributed by atoms with van der Waals surface area (Å²) >= 11 is 4.91. The maximum Gasteiger partial charge on any atom is 0.119 e. The fourth-order valence-corrected chi connectivity index (χ4v) is 2.37. The highest BCUT2D eigenvalue weighted by Crippen LogP contribution is 2.23. The molecule has 0 aromatic heterocycles. The largest absolute Gasteiger partial charge is 0.494 e. The van der Waals surface area contributed by atoms with E-state index in [9.17, 15) is 0 Å². The molecule has 0 amide bonds. The van der Waals surface area contributed by atoms with E-state index < -0.39 is 0 Å². The fourth-order valence-electron chi connectivity index (χ4n) is 2.23. The average Bonchev–Trinajstić information content (AvgIpc) is 2.33. The second kappa shape index (κ2) is 6.87. The van der Waals surface area contributed by atoms with Crippen LogP contribution >= 0.6 is 12.2 Å². The molecule has 1 fully saturated rings. The Bertz CT molecular complexity index is 415. The molecule has 1 aromatic rings. The van der Waals surface area contributed by atoms with E-state index in [0.29, 0.717) is 4.99 Å². The summed E-state index contributed by atoms with van der Waals surface area (Å²) in [5.74, 6) is 0.881. The van der Waals surface area contributed by atoms with E-state index in [-0.39, 0.29) is 0 Å². The molecule has 2 rings (SSSR count). The molecule has 104 valence electrons. The second-order valence-electron chi connectivity index (χ2n) is 5.16. The molecule has 3 nitrogen and oxygen atoms in total. The predicted octanol–water partition coefficient (Wildman–Crippen LogP) is 2.57. The molecule has 1 saturated carbocycles. The van der Waals surface area contributed by atoms with Gasteiger partial charge in [0.25, 0.3) is 0 Å². The minimum atomic E-state index is 0.425. The molecule has 1 aliphatic carbocycles. The van der Waals surface area contributed by atoms with Gasteiger partial charge in [0.2, 0.25) is 0 Å². The predicted molar refractivity (Wildman–Crippen MR) is 82.7 cm³/mol. The van der Waals surface area contributed by atoms with Gasteiger partial charge in [-0.15, -0.1) is 0 Å². The van der Waals surface area contributed by atoms with Crippen molar-refractivity contribution in [3.05, 3.63) is 29.8 Å². The molecular weight excluding hydrogens is 256 g/mol. The number of rotatable bonds is 7. The molecular formula is C15H22N2OS. The van der Waals surface area contributed by atoms with Crippen molar-refractivity contribution in [3.8, 4) is 5.75 Å². The first-order valence-corrected chi connectivity index (χ1v) is 7.30. The highest BCUT2D eigenvalue weighted by Gasteiger charge is 2.21. The number of hydrogen-bond acceptors (Lipinski definition) is 3. The highest BCUT2D eigenvalue weighted by atomic mass is 32.1. The molecule has 0 atom stereocenters. The smallest absolute Gasteiger partial charge is 0.119 e. The third kappa shape index (κ3) is 4.18. The van der Waals surface area contributed by atoms with E-state index in [4.69, 9.17) is 22.7 Å². The molecule has 4 heteroatoms. The van der Waals surface area contributed by atoms with Gasteiger partial charge in [-0.3, -0.25) is 0 Å². The van der Waals surface area contributed by atoms with Gasteiger partial charge >= 0.3 is 0 Å². The van der Waals surface area contributed by atoms with Crippen LogP contribution in [-0.4, -0.2) is 36.1 Å². The maximum atomic E-state index is 5.71. The van der Waals surface area contributed by atoms with Gasteiger partial charge in [0, 0.05) is 18.2 Å². The molecule has 2 N–H and O–H groups in total. The molecule has 0 radical (unpaired) electrons. The summed E-state index contributed by atoms with van der Waals surface area (Å²) in [7, 11) is 2.21. The normalized spacial score (nSPS) is 15.3. The Morgan fingerprint density at radius 2 is 2.05 bits per heavy atom. The van der Waals surface area contributed by atoms with Gasteiger partial charge in [-0.05, 0) is 50.6 Å². The molecule has 0 heterocycles. The highest BCUT2D eigenvalue weighted by molar-refractivity contribution is 7.80. The van der Waals surface area contributed by atoms with Crippen LogP contribution in [0.15, 0.2) is 24.3 Å². The molecule has 1 aromatic carbocycles. The summed E-state index contributed by atoms with van der Waals surface area (Å²) in [6.07, 6.45) is 5.17. The molecule has 0 spiro atoms. The van der Waals surface area contributed by atoms with Crippen LogP contribution in [-0.2, 0) is 0 Å². The van der Waals surface area contributed by atoms with Crippen molar-refractivity contribution in [2.75, 3.05) is 20.2 Å². The topological polar surface area (TPSA) is 38.5 Å². The zero-order valence-electron chi connectivity index (χ0n) is 11.5. The molecule has 19 heavy (non-hydrogen) atoms. The monoisotopic (exact) mass is 278 g/mol. The quantitative estimate of drug-likeness (QED) is 0.614. The third-order valence-corrected chi connectivity index (χ3v) is 4.00. The van der Waals surface area contributed by atoms with Crippen LogP contribution in [0.2, 0.25) is 0 Å². The van der Waals surface area contributed by atoms with Gasteiger partial charge < -0.3 is 15.4 Å². The van der Waals surface area contributed by atoms with Gasteiger partial charge in [-0.25, -0.2) is 0 Å². The van der Waals surface area contributed by atoms with E-state index in [1.54, 1.807) is 0 Å². The minimum Gasteiger partial charge on any atom is -0.494 e. The van der Waals surface area contributed by atoms with Crippen LogP contribution in [0.25, 0.3) is 0 Å². The lowest BCUT2D eigenvalue weighted by Gasteiger charge is -2.34. The van der Waals surface area contributed by atoms with Crippen LogP contribution in [0.5, 0.6) is 5.75 Å². The van der Waals surface area contributed by atoms with E-state index in [1.165, 1.54) is 19.3 Å². The van der Waals surface area contributed by atoms with Crippen LogP contribution in [0, 0.1) is 0 Å². The van der Waals surface area contributed by atoms with Gasteiger partial charge in [0.05, 0.1) is 6.61 Å². The lowest BCUT2D eigenvalue weighted by Crippen LogP contribution is -2.38. The second-order valence-corrected chi connectivity index (χ2v) is 5.60. The van der Waals surface area contributed by atoms with Crippen molar-refractivity contribution < 1.29 is 4.74 Å². The molecule has 0 aliphatic heterocycles. The summed E-state index contributed by atoms with van der Waals surface area (Å²) in [5, 5.41) is 0. The van der Waals surface area contributed by atoms with Crippen LogP contribution < -0.4 is 10.5 Å². The summed E-state index contributed by atoms with van der Waals surface area (Å²) in [5.41, 5.74) is 6.43. The molecule has 0 unspecified atom stereocenters. The Kier molecular flexibility index (Phi) is 5.16. The standard InChI is InChI=1S/C15H22N2OS/c1-17(13-4-2-5-13)10-3-11-18-14-8-6-12(7-9-14)15(16)19/h6-9,13H,2-5,10-11H2,1H3,(H2,16,19). The number of benzene rings is 1. The van der Waals surface area contributed by atoms with Crippen molar-refractivity contribution in [2.45, 2.75) is 31.7 Å². The number of thiocarbonyl (C=S) groups is 1. The lowest BCUT2D eigenvalue weighted by molar-refractivity contribution is 0.149. The van der Waals surface area contributed by atoms with E-state index in [0.717, 1.165) is 36.9 Å². The van der Waals surface area contributed by atoms with E-state index in [2.05, 4.69) is 11.9 Å². The number of ether oxygens (including phenoxy) is 1. The Balaban J connectivity index is 1.66. The molecule has 0 bridgehead atoms. The van der Waals surface area contributed by atoms with Crippen molar-refractivity contribution in [2.24, 2.45) is 5.73 Å².